The van der Waals surface area contributed by atoms with Gasteiger partial charge < -0.3 is 20.1 Å². The fraction of sp³-hybridized carbons (Fsp3) is 0.767. The molecule has 0 aromatic rings. The van der Waals surface area contributed by atoms with E-state index in [4.69, 9.17) is 24.3 Å². The summed E-state index contributed by atoms with van der Waals surface area (Å²) in [5.74, 6) is -0.896. The molecule has 0 aliphatic carbocycles. The molecule has 0 radical (unpaired) electrons. The largest absolute Gasteiger partial charge is 0.472 e. The summed E-state index contributed by atoms with van der Waals surface area (Å²) < 4.78 is 32.7. The quantitative estimate of drug-likeness (QED) is 0.0271. The Bertz CT molecular complexity index is 1010. The number of ether oxygens (including phenoxy) is 2. The second-order valence-corrected chi connectivity index (χ2v) is 15.3. The molecule has 2 atom stereocenters. The van der Waals surface area contributed by atoms with Crippen LogP contribution in [0.2, 0.25) is 0 Å². The topological polar surface area (TPSA) is 134 Å². The maximum Gasteiger partial charge on any atom is 0.472 e. The Morgan fingerprint density at radius 2 is 1.00 bits per heavy atom. The van der Waals surface area contributed by atoms with E-state index in [1.165, 1.54) is 89.9 Å². The average Bonchev–Trinajstić information content (AvgIpc) is 3.14. The molecule has 0 amide bonds. The lowest BCUT2D eigenvalue weighted by Crippen LogP contribution is -2.29. The average molecular weight is 768 g/mol. The van der Waals surface area contributed by atoms with Gasteiger partial charge in [-0.05, 0) is 70.6 Å². The molecule has 0 heterocycles. The highest BCUT2D eigenvalue weighted by atomic mass is 31.2. The van der Waals surface area contributed by atoms with Crippen LogP contribution in [-0.2, 0) is 32.7 Å². The maximum atomic E-state index is 12.5. The van der Waals surface area contributed by atoms with Gasteiger partial charge in [0.15, 0.2) is 6.10 Å². The van der Waals surface area contributed by atoms with Crippen LogP contribution in [0.5, 0.6) is 0 Å². The van der Waals surface area contributed by atoms with Crippen molar-refractivity contribution in [1.29, 1.82) is 0 Å². The lowest BCUT2D eigenvalue weighted by Gasteiger charge is -2.19. The summed E-state index contributed by atoms with van der Waals surface area (Å²) in [6, 6.07) is 0. The summed E-state index contributed by atoms with van der Waals surface area (Å²) in [5.41, 5.74) is 5.34. The maximum absolute atomic E-state index is 12.5. The third-order valence-corrected chi connectivity index (χ3v) is 9.67. The highest BCUT2D eigenvalue weighted by molar-refractivity contribution is 7.47. The molecular weight excluding hydrogens is 689 g/mol. The van der Waals surface area contributed by atoms with Gasteiger partial charge in [-0.2, -0.15) is 0 Å². The standard InChI is InChI=1S/C43H78NO8P/c1-3-5-7-9-11-13-15-17-19-20-22-24-26-28-30-32-34-36-43(46)52-41(40-51-53(47,48)50-38-37-44)39-49-42(45)35-33-31-29-27-25-23-21-18-16-14-12-10-8-6-4-2/h14,16-17,19,22,24,28,30,41H,3-13,15,18,20-21,23,25-27,29,31-40,44H2,1-2H3,(H,47,48)/b16-14-,19-17-,24-22-,30-28-/t41-/m1/s1. The number of phosphoric acid groups is 1. The summed E-state index contributed by atoms with van der Waals surface area (Å²) in [6.45, 7) is 3.64. The van der Waals surface area contributed by atoms with Gasteiger partial charge in [0.25, 0.3) is 0 Å². The smallest absolute Gasteiger partial charge is 0.462 e. The molecule has 0 bridgehead atoms. The first-order chi connectivity index (χ1) is 25.8. The lowest BCUT2D eigenvalue weighted by molar-refractivity contribution is -0.161. The minimum atomic E-state index is -4.39. The molecule has 1 unspecified atom stereocenters. The van der Waals surface area contributed by atoms with Crippen molar-refractivity contribution in [3.8, 4) is 0 Å². The molecule has 0 aromatic heterocycles. The number of allylic oxidation sites excluding steroid dienone is 8. The summed E-state index contributed by atoms with van der Waals surface area (Å²) >= 11 is 0. The van der Waals surface area contributed by atoms with Gasteiger partial charge in [0.1, 0.15) is 6.61 Å². The molecule has 0 aromatic carbocycles. The number of nitrogens with two attached hydrogens (primary N) is 1. The van der Waals surface area contributed by atoms with Crippen molar-refractivity contribution in [2.45, 2.75) is 187 Å². The number of esters is 2. The van der Waals surface area contributed by atoms with Crippen LogP contribution in [0.3, 0.4) is 0 Å². The Balaban J connectivity index is 4.27. The number of unbranched alkanes of at least 4 members (excludes halogenated alkanes) is 18. The van der Waals surface area contributed by atoms with Crippen LogP contribution in [0.25, 0.3) is 0 Å². The number of hydrogen-bond acceptors (Lipinski definition) is 8. The van der Waals surface area contributed by atoms with E-state index in [9.17, 15) is 19.0 Å². The number of rotatable bonds is 39. The SMILES string of the molecule is CCCCCC/C=C\CCCCCCCCCC(=O)OC[C@H](COP(=O)(O)OCCN)OC(=O)CCC/C=C\C/C=C\C/C=C\CCCCCCCC. The van der Waals surface area contributed by atoms with Crippen molar-refractivity contribution in [3.05, 3.63) is 48.6 Å². The number of carbonyl (C=O) groups is 2. The Labute approximate surface area is 324 Å². The van der Waals surface area contributed by atoms with Crippen LogP contribution in [0, 0.1) is 0 Å². The molecule has 308 valence electrons. The molecular formula is C43H78NO8P. The zero-order chi connectivity index (χ0) is 38.9. The first-order valence-corrected chi connectivity index (χ1v) is 22.6. The van der Waals surface area contributed by atoms with Crippen molar-refractivity contribution in [2.75, 3.05) is 26.4 Å². The van der Waals surface area contributed by atoms with E-state index in [0.29, 0.717) is 12.8 Å². The second-order valence-electron chi connectivity index (χ2n) is 13.8. The van der Waals surface area contributed by atoms with Crippen molar-refractivity contribution in [1.82, 2.24) is 0 Å². The first kappa shape index (κ1) is 51.0. The van der Waals surface area contributed by atoms with Gasteiger partial charge >= 0.3 is 19.8 Å². The van der Waals surface area contributed by atoms with E-state index in [1.807, 2.05) is 6.08 Å². The lowest BCUT2D eigenvalue weighted by atomic mass is 10.1. The van der Waals surface area contributed by atoms with E-state index in [1.54, 1.807) is 0 Å². The predicted octanol–water partition coefficient (Wildman–Crippen LogP) is 11.9. The minimum Gasteiger partial charge on any atom is -0.462 e. The van der Waals surface area contributed by atoms with E-state index in [-0.39, 0.29) is 32.6 Å². The normalized spacial score (nSPS) is 13.8. The van der Waals surface area contributed by atoms with Crippen LogP contribution >= 0.6 is 7.82 Å². The van der Waals surface area contributed by atoms with Gasteiger partial charge in [0, 0.05) is 19.4 Å². The second kappa shape index (κ2) is 39.7. The molecule has 0 saturated carbocycles. The molecule has 0 saturated heterocycles. The molecule has 0 aliphatic rings. The Morgan fingerprint density at radius 3 is 1.55 bits per heavy atom. The van der Waals surface area contributed by atoms with Crippen LogP contribution in [0.1, 0.15) is 181 Å². The van der Waals surface area contributed by atoms with Crippen LogP contribution in [0.15, 0.2) is 48.6 Å². The third kappa shape index (κ3) is 39.5. The van der Waals surface area contributed by atoms with Crippen LogP contribution in [-0.4, -0.2) is 49.3 Å². The summed E-state index contributed by atoms with van der Waals surface area (Å²) in [5, 5.41) is 0. The molecule has 0 fully saturated rings. The van der Waals surface area contributed by atoms with E-state index in [2.05, 4.69) is 56.4 Å². The van der Waals surface area contributed by atoms with E-state index >= 15 is 0 Å². The molecule has 53 heavy (non-hydrogen) atoms. The fourth-order valence-electron chi connectivity index (χ4n) is 5.53. The van der Waals surface area contributed by atoms with Crippen LogP contribution in [0.4, 0.5) is 0 Å². The Kier molecular flexibility index (Phi) is 38.1. The molecule has 10 heteroatoms. The van der Waals surface area contributed by atoms with Crippen molar-refractivity contribution in [3.63, 3.8) is 0 Å². The number of carbonyl (C=O) groups excluding carboxylic acids is 2. The summed E-state index contributed by atoms with van der Waals surface area (Å²) in [6.07, 6.45) is 44.3. The molecule has 0 aliphatic heterocycles. The van der Waals surface area contributed by atoms with Crippen LogP contribution < -0.4 is 5.73 Å². The zero-order valence-electron chi connectivity index (χ0n) is 33.7. The first-order valence-electron chi connectivity index (χ1n) is 21.1. The zero-order valence-corrected chi connectivity index (χ0v) is 34.6. The minimum absolute atomic E-state index is 0.0439. The third-order valence-electron chi connectivity index (χ3n) is 8.69. The Morgan fingerprint density at radius 1 is 0.566 bits per heavy atom. The predicted molar refractivity (Wildman–Crippen MR) is 220 cm³/mol. The van der Waals surface area contributed by atoms with Crippen molar-refractivity contribution < 1.29 is 37.6 Å². The molecule has 9 nitrogen and oxygen atoms in total. The highest BCUT2D eigenvalue weighted by Crippen LogP contribution is 2.43. The molecule has 3 N–H and O–H groups in total. The van der Waals surface area contributed by atoms with E-state index in [0.717, 1.165) is 51.4 Å². The highest BCUT2D eigenvalue weighted by Gasteiger charge is 2.25. The van der Waals surface area contributed by atoms with Crippen molar-refractivity contribution >= 4 is 19.8 Å². The molecule has 0 rings (SSSR count). The number of phosphoric ester groups is 1. The van der Waals surface area contributed by atoms with Gasteiger partial charge in [0.05, 0.1) is 13.2 Å². The number of hydrogen-bond donors (Lipinski definition) is 2. The van der Waals surface area contributed by atoms with Gasteiger partial charge in [-0.25, -0.2) is 4.57 Å². The van der Waals surface area contributed by atoms with Gasteiger partial charge in [-0.15, -0.1) is 0 Å². The van der Waals surface area contributed by atoms with Gasteiger partial charge in [-0.1, -0.05) is 146 Å². The summed E-state index contributed by atoms with van der Waals surface area (Å²) in [7, 11) is -4.39. The summed E-state index contributed by atoms with van der Waals surface area (Å²) in [4.78, 5) is 34.8. The van der Waals surface area contributed by atoms with Gasteiger partial charge in [-0.3, -0.25) is 18.6 Å². The fourth-order valence-corrected chi connectivity index (χ4v) is 6.29. The monoisotopic (exact) mass is 768 g/mol. The van der Waals surface area contributed by atoms with E-state index < -0.39 is 32.5 Å². The molecule has 0 spiro atoms. The Hall–Kier alpha value is -2.03. The van der Waals surface area contributed by atoms with Gasteiger partial charge in [0.2, 0.25) is 0 Å². The van der Waals surface area contributed by atoms with Crippen molar-refractivity contribution in [2.24, 2.45) is 5.73 Å².